The minimum Gasteiger partial charge on any atom is -0.341 e. The molecule has 1 amide bonds. The summed E-state index contributed by atoms with van der Waals surface area (Å²) in [6.07, 6.45) is -3.36. The zero-order valence-corrected chi connectivity index (χ0v) is 13.0. The summed E-state index contributed by atoms with van der Waals surface area (Å²) in [5, 5.41) is 0. The second kappa shape index (κ2) is 9.65. The fourth-order valence-corrected chi connectivity index (χ4v) is 2.04. The largest absolute Gasteiger partial charge is 0.401 e. The van der Waals surface area contributed by atoms with Crippen molar-refractivity contribution in [2.45, 2.75) is 32.0 Å². The molecule has 1 heterocycles. The molecule has 0 radical (unpaired) electrons. The highest BCUT2D eigenvalue weighted by Crippen LogP contribution is 2.17. The average molecular weight is 340 g/mol. The Kier molecular flexibility index (Phi) is 10.6. The maximum atomic E-state index is 12.3. The van der Waals surface area contributed by atoms with Crippen molar-refractivity contribution < 1.29 is 18.0 Å². The predicted molar refractivity (Wildman–Crippen MR) is 76.5 cm³/mol. The number of carbonyl (C=O) groups is 1. The summed E-state index contributed by atoms with van der Waals surface area (Å²) in [4.78, 5) is 14.7. The van der Waals surface area contributed by atoms with Crippen LogP contribution in [0.4, 0.5) is 13.2 Å². The van der Waals surface area contributed by atoms with Crippen LogP contribution in [0.15, 0.2) is 0 Å². The van der Waals surface area contributed by atoms with E-state index in [1.807, 2.05) is 0 Å². The molecule has 122 valence electrons. The van der Waals surface area contributed by atoms with Gasteiger partial charge in [0.15, 0.2) is 0 Å². The molecule has 0 aromatic rings. The molecule has 1 atom stereocenters. The van der Waals surface area contributed by atoms with Crippen molar-refractivity contribution in [3.8, 4) is 0 Å². The van der Waals surface area contributed by atoms with Crippen LogP contribution in [0.5, 0.6) is 0 Å². The number of rotatable bonds is 3. The number of carbonyl (C=O) groups excluding carboxylic acids is 1. The van der Waals surface area contributed by atoms with Gasteiger partial charge in [-0.15, -0.1) is 24.8 Å². The van der Waals surface area contributed by atoms with Gasteiger partial charge in [-0.05, 0) is 13.3 Å². The number of amides is 1. The maximum Gasteiger partial charge on any atom is 0.401 e. The molecule has 9 heteroatoms. The van der Waals surface area contributed by atoms with E-state index in [-0.39, 0.29) is 49.7 Å². The third-order valence-electron chi connectivity index (χ3n) is 2.84. The van der Waals surface area contributed by atoms with Gasteiger partial charge in [0.05, 0.1) is 6.54 Å². The minimum absolute atomic E-state index is 0. The van der Waals surface area contributed by atoms with Gasteiger partial charge in [0.1, 0.15) is 0 Å². The Morgan fingerprint density at radius 3 is 2.30 bits per heavy atom. The molecule has 1 aliphatic rings. The van der Waals surface area contributed by atoms with Gasteiger partial charge in [-0.2, -0.15) is 13.2 Å². The summed E-state index contributed by atoms with van der Waals surface area (Å²) in [5.41, 5.74) is 5.54. The molecule has 0 aliphatic carbocycles. The lowest BCUT2D eigenvalue weighted by Crippen LogP contribution is -2.39. The molecular formula is C11H22Cl2F3N3O. The Morgan fingerprint density at radius 1 is 1.20 bits per heavy atom. The Morgan fingerprint density at radius 2 is 1.80 bits per heavy atom. The summed E-state index contributed by atoms with van der Waals surface area (Å²) in [6, 6.07) is -0.216. The van der Waals surface area contributed by atoms with Crippen LogP contribution in [-0.2, 0) is 4.79 Å². The summed E-state index contributed by atoms with van der Waals surface area (Å²) in [5.74, 6) is -0.0705. The fraction of sp³-hybridized carbons (Fsp3) is 0.909. The molecule has 4 nitrogen and oxygen atoms in total. The highest BCUT2D eigenvalue weighted by molar-refractivity contribution is 5.85. The number of nitrogens with zero attached hydrogens (tertiary/aromatic N) is 2. The lowest BCUT2D eigenvalue weighted by molar-refractivity contribution is -0.145. The summed E-state index contributed by atoms with van der Waals surface area (Å²) in [7, 11) is 0. The highest BCUT2D eigenvalue weighted by atomic mass is 35.5. The quantitative estimate of drug-likeness (QED) is 0.850. The molecule has 1 saturated heterocycles. The first-order chi connectivity index (χ1) is 8.28. The van der Waals surface area contributed by atoms with Crippen molar-refractivity contribution in [1.29, 1.82) is 0 Å². The van der Waals surface area contributed by atoms with E-state index < -0.39 is 12.7 Å². The van der Waals surface area contributed by atoms with Crippen molar-refractivity contribution in [3.63, 3.8) is 0 Å². The first-order valence-electron chi connectivity index (χ1n) is 6.10. The summed E-state index contributed by atoms with van der Waals surface area (Å²) < 4.78 is 36.8. The van der Waals surface area contributed by atoms with Crippen molar-refractivity contribution in [2.24, 2.45) is 5.73 Å². The van der Waals surface area contributed by atoms with Gasteiger partial charge in [-0.3, -0.25) is 9.69 Å². The number of alkyl halides is 3. The van der Waals surface area contributed by atoms with Gasteiger partial charge in [0.2, 0.25) is 5.91 Å². The fourth-order valence-electron chi connectivity index (χ4n) is 2.04. The summed E-state index contributed by atoms with van der Waals surface area (Å²) >= 11 is 0. The molecule has 1 fully saturated rings. The maximum absolute atomic E-state index is 12.3. The lowest BCUT2D eigenvalue weighted by atomic mass is 10.2. The van der Waals surface area contributed by atoms with E-state index >= 15 is 0 Å². The Labute approximate surface area is 129 Å². The molecule has 1 aliphatic heterocycles. The van der Waals surface area contributed by atoms with E-state index in [4.69, 9.17) is 5.73 Å². The molecule has 2 N–H and O–H groups in total. The first-order valence-corrected chi connectivity index (χ1v) is 6.10. The number of hydrogen-bond acceptors (Lipinski definition) is 3. The van der Waals surface area contributed by atoms with Crippen LogP contribution in [0.25, 0.3) is 0 Å². The van der Waals surface area contributed by atoms with Crippen LogP contribution in [0.3, 0.4) is 0 Å². The molecule has 0 aromatic heterocycles. The molecule has 1 rings (SSSR count). The van der Waals surface area contributed by atoms with E-state index in [0.29, 0.717) is 26.1 Å². The van der Waals surface area contributed by atoms with Crippen molar-refractivity contribution in [3.05, 3.63) is 0 Å². The van der Waals surface area contributed by atoms with E-state index in [1.54, 1.807) is 11.8 Å². The van der Waals surface area contributed by atoms with Crippen molar-refractivity contribution >= 4 is 30.7 Å². The zero-order chi connectivity index (χ0) is 13.8. The summed E-state index contributed by atoms with van der Waals surface area (Å²) in [6.45, 7) is 2.35. The topological polar surface area (TPSA) is 49.6 Å². The van der Waals surface area contributed by atoms with Gasteiger partial charge in [-0.25, -0.2) is 0 Å². The highest BCUT2D eigenvalue weighted by Gasteiger charge is 2.31. The van der Waals surface area contributed by atoms with Gasteiger partial charge in [0.25, 0.3) is 0 Å². The third kappa shape index (κ3) is 8.84. The van der Waals surface area contributed by atoms with Crippen molar-refractivity contribution in [2.75, 3.05) is 32.7 Å². The third-order valence-corrected chi connectivity index (χ3v) is 2.84. The number of halogens is 5. The predicted octanol–water partition coefficient (Wildman–Crippen LogP) is 1.66. The molecule has 0 saturated carbocycles. The lowest BCUT2D eigenvalue weighted by Gasteiger charge is -2.23. The van der Waals surface area contributed by atoms with Crippen LogP contribution in [-0.4, -0.2) is 60.6 Å². The second-order valence-electron chi connectivity index (χ2n) is 4.81. The SMILES string of the molecule is CC(N)CC(=O)N1CCCN(CC(F)(F)F)CC1.Cl.Cl. The first kappa shape index (κ1) is 22.0. The Hall–Kier alpha value is -0.240. The molecular weight excluding hydrogens is 318 g/mol. The zero-order valence-electron chi connectivity index (χ0n) is 11.4. The molecule has 0 spiro atoms. The number of nitrogens with two attached hydrogens (primary N) is 1. The smallest absolute Gasteiger partial charge is 0.341 e. The van der Waals surface area contributed by atoms with Gasteiger partial charge >= 0.3 is 6.18 Å². The molecule has 1 unspecified atom stereocenters. The van der Waals surface area contributed by atoms with Crippen LogP contribution in [0.2, 0.25) is 0 Å². The van der Waals surface area contributed by atoms with Gasteiger partial charge < -0.3 is 10.6 Å². The van der Waals surface area contributed by atoms with E-state index in [0.717, 1.165) is 0 Å². The van der Waals surface area contributed by atoms with Gasteiger partial charge in [-0.1, -0.05) is 0 Å². The van der Waals surface area contributed by atoms with E-state index in [2.05, 4.69) is 0 Å². The van der Waals surface area contributed by atoms with E-state index in [9.17, 15) is 18.0 Å². The van der Waals surface area contributed by atoms with Crippen LogP contribution in [0, 0.1) is 0 Å². The normalized spacial score (nSPS) is 18.6. The molecule has 0 aromatic carbocycles. The van der Waals surface area contributed by atoms with E-state index in [1.165, 1.54) is 4.90 Å². The van der Waals surface area contributed by atoms with Crippen LogP contribution >= 0.6 is 24.8 Å². The van der Waals surface area contributed by atoms with Crippen LogP contribution < -0.4 is 5.73 Å². The molecule has 20 heavy (non-hydrogen) atoms. The Bertz CT molecular complexity index is 291. The Balaban J connectivity index is 0. The monoisotopic (exact) mass is 339 g/mol. The standard InChI is InChI=1S/C11H20F3N3O.2ClH/c1-9(15)7-10(18)17-4-2-3-16(5-6-17)8-11(12,13)14;;/h9H,2-8,15H2,1H3;2*1H. The van der Waals surface area contributed by atoms with Crippen molar-refractivity contribution in [1.82, 2.24) is 9.80 Å². The molecule has 0 bridgehead atoms. The number of hydrogen-bond donors (Lipinski definition) is 1. The minimum atomic E-state index is -4.18. The second-order valence-corrected chi connectivity index (χ2v) is 4.81. The van der Waals surface area contributed by atoms with Gasteiger partial charge in [0, 0.05) is 38.6 Å². The van der Waals surface area contributed by atoms with Crippen LogP contribution in [0.1, 0.15) is 19.8 Å². The average Bonchev–Trinajstić information content (AvgIpc) is 2.39.